The number of unbranched alkanes of at least 4 members (excludes halogenated alkanes) is 2. The summed E-state index contributed by atoms with van der Waals surface area (Å²) in [5.74, 6) is -0.228. The van der Waals surface area contributed by atoms with Crippen LogP contribution in [0.3, 0.4) is 0 Å². The van der Waals surface area contributed by atoms with Gasteiger partial charge in [0, 0.05) is 18.6 Å². The number of non-ortho nitro benzene ring substituents is 1. The van der Waals surface area contributed by atoms with Crippen LogP contribution in [-0.2, 0) is 4.79 Å². The molecule has 0 aliphatic carbocycles. The van der Waals surface area contributed by atoms with E-state index in [1.807, 2.05) is 6.92 Å². The number of hydrogen-bond acceptors (Lipinski definition) is 5. The Morgan fingerprint density at radius 3 is 2.45 bits per heavy atom. The first-order valence-electron chi connectivity index (χ1n) is 7.32. The van der Waals surface area contributed by atoms with Gasteiger partial charge in [0.1, 0.15) is 6.10 Å². The molecule has 1 aromatic carbocycles. The number of amides is 1. The average Bonchev–Trinajstić information content (AvgIpc) is 2.52. The second-order valence-corrected chi connectivity index (χ2v) is 5.11. The van der Waals surface area contributed by atoms with Crippen molar-refractivity contribution in [2.24, 2.45) is 0 Å². The summed E-state index contributed by atoms with van der Waals surface area (Å²) in [5, 5.41) is 32.7. The Kier molecular flexibility index (Phi) is 7.48. The summed E-state index contributed by atoms with van der Waals surface area (Å²) >= 11 is 0. The van der Waals surface area contributed by atoms with Crippen LogP contribution in [-0.4, -0.2) is 33.7 Å². The maximum Gasteiger partial charge on any atom is 0.269 e. The molecule has 0 fully saturated rings. The first kappa shape index (κ1) is 18.1. The van der Waals surface area contributed by atoms with Gasteiger partial charge in [-0.3, -0.25) is 14.9 Å². The molecular weight excluding hydrogens is 288 g/mol. The van der Waals surface area contributed by atoms with E-state index in [1.165, 1.54) is 24.3 Å². The predicted octanol–water partition coefficient (Wildman–Crippen LogP) is 1.69. The molecule has 0 bridgehead atoms. The first-order chi connectivity index (χ1) is 10.5. The minimum Gasteiger partial charge on any atom is -0.394 e. The van der Waals surface area contributed by atoms with Crippen molar-refractivity contribution in [2.45, 2.75) is 44.8 Å². The highest BCUT2D eigenvalue weighted by atomic mass is 16.6. The molecule has 0 aromatic heterocycles. The Morgan fingerprint density at radius 1 is 1.32 bits per heavy atom. The van der Waals surface area contributed by atoms with Crippen molar-refractivity contribution in [1.82, 2.24) is 5.32 Å². The van der Waals surface area contributed by atoms with Gasteiger partial charge in [-0.15, -0.1) is 0 Å². The minimum atomic E-state index is -1.12. The lowest BCUT2D eigenvalue weighted by Gasteiger charge is -2.22. The van der Waals surface area contributed by atoms with Crippen molar-refractivity contribution < 1.29 is 19.9 Å². The van der Waals surface area contributed by atoms with Gasteiger partial charge in [-0.25, -0.2) is 0 Å². The quantitative estimate of drug-likeness (QED) is 0.365. The third-order valence-electron chi connectivity index (χ3n) is 3.38. The Bertz CT molecular complexity index is 489. The van der Waals surface area contributed by atoms with Crippen LogP contribution in [0.25, 0.3) is 0 Å². The fourth-order valence-corrected chi connectivity index (χ4v) is 2.06. The number of aliphatic hydroxyl groups is 2. The zero-order valence-corrected chi connectivity index (χ0v) is 12.6. The number of rotatable bonds is 9. The van der Waals surface area contributed by atoms with Gasteiger partial charge in [0.15, 0.2) is 0 Å². The highest BCUT2D eigenvalue weighted by Gasteiger charge is 2.22. The predicted molar refractivity (Wildman–Crippen MR) is 81.2 cm³/mol. The van der Waals surface area contributed by atoms with E-state index in [-0.39, 0.29) is 11.6 Å². The van der Waals surface area contributed by atoms with E-state index >= 15 is 0 Å². The van der Waals surface area contributed by atoms with Crippen LogP contribution in [0.1, 0.15) is 44.3 Å². The standard InChI is InChI=1S/C15H22N2O5/c1-2-3-4-5-14(19)16-13(10-18)15(20)11-6-8-12(9-7-11)17(21)22/h6-9,13,15,18,20H,2-5,10H2,1H3,(H,16,19)/t13-,15-/m1/s1. The highest BCUT2D eigenvalue weighted by molar-refractivity contribution is 5.76. The second-order valence-electron chi connectivity index (χ2n) is 5.11. The molecule has 122 valence electrons. The van der Waals surface area contributed by atoms with Crippen LogP contribution < -0.4 is 5.32 Å². The van der Waals surface area contributed by atoms with Gasteiger partial charge in [-0.1, -0.05) is 19.8 Å². The van der Waals surface area contributed by atoms with E-state index < -0.39 is 23.7 Å². The molecule has 0 heterocycles. The van der Waals surface area contributed by atoms with Crippen molar-refractivity contribution in [3.05, 3.63) is 39.9 Å². The fraction of sp³-hybridized carbons (Fsp3) is 0.533. The van der Waals surface area contributed by atoms with E-state index in [0.29, 0.717) is 12.0 Å². The van der Waals surface area contributed by atoms with E-state index in [9.17, 15) is 25.1 Å². The molecule has 0 spiro atoms. The van der Waals surface area contributed by atoms with Crippen molar-refractivity contribution in [1.29, 1.82) is 0 Å². The van der Waals surface area contributed by atoms with E-state index in [0.717, 1.165) is 19.3 Å². The molecule has 0 unspecified atom stereocenters. The average molecular weight is 310 g/mol. The van der Waals surface area contributed by atoms with Gasteiger partial charge < -0.3 is 15.5 Å². The lowest BCUT2D eigenvalue weighted by atomic mass is 10.0. The van der Waals surface area contributed by atoms with Gasteiger partial charge in [-0.05, 0) is 24.1 Å². The maximum atomic E-state index is 11.7. The van der Waals surface area contributed by atoms with Crippen molar-refractivity contribution in [2.75, 3.05) is 6.61 Å². The van der Waals surface area contributed by atoms with Crippen LogP contribution >= 0.6 is 0 Å². The summed E-state index contributed by atoms with van der Waals surface area (Å²) in [6, 6.07) is 4.53. The maximum absolute atomic E-state index is 11.7. The number of nitrogens with zero attached hydrogens (tertiary/aromatic N) is 1. The molecule has 1 rings (SSSR count). The Labute approximate surface area is 129 Å². The smallest absolute Gasteiger partial charge is 0.269 e. The van der Waals surface area contributed by atoms with Gasteiger partial charge in [0.25, 0.3) is 5.69 Å². The summed E-state index contributed by atoms with van der Waals surface area (Å²) in [6.07, 6.45) is 1.93. The molecule has 1 aromatic rings. The normalized spacial score (nSPS) is 13.4. The van der Waals surface area contributed by atoms with Crippen molar-refractivity contribution in [3.63, 3.8) is 0 Å². The first-order valence-corrected chi connectivity index (χ1v) is 7.32. The summed E-state index contributed by atoms with van der Waals surface area (Å²) in [4.78, 5) is 21.8. The van der Waals surface area contributed by atoms with Gasteiger partial charge in [0.2, 0.25) is 5.91 Å². The van der Waals surface area contributed by atoms with Crippen LogP contribution in [0, 0.1) is 10.1 Å². The number of nitrogens with one attached hydrogen (secondary N) is 1. The fourth-order valence-electron chi connectivity index (χ4n) is 2.06. The van der Waals surface area contributed by atoms with Gasteiger partial charge >= 0.3 is 0 Å². The van der Waals surface area contributed by atoms with Gasteiger partial charge in [-0.2, -0.15) is 0 Å². The number of hydrogen-bond donors (Lipinski definition) is 3. The molecule has 0 radical (unpaired) electrons. The van der Waals surface area contributed by atoms with Crippen LogP contribution in [0.2, 0.25) is 0 Å². The van der Waals surface area contributed by atoms with E-state index in [2.05, 4.69) is 5.32 Å². The molecule has 3 N–H and O–H groups in total. The summed E-state index contributed by atoms with van der Waals surface area (Å²) in [7, 11) is 0. The zero-order valence-electron chi connectivity index (χ0n) is 12.6. The summed E-state index contributed by atoms with van der Waals surface area (Å²) in [6.45, 7) is 1.62. The monoisotopic (exact) mass is 310 g/mol. The largest absolute Gasteiger partial charge is 0.394 e. The molecule has 0 aliphatic rings. The van der Waals surface area contributed by atoms with Crippen LogP contribution in [0.15, 0.2) is 24.3 Å². The SMILES string of the molecule is CCCCCC(=O)N[C@H](CO)[C@H](O)c1ccc([N+](=O)[O-])cc1. The third-order valence-corrected chi connectivity index (χ3v) is 3.38. The third kappa shape index (κ3) is 5.42. The Balaban J connectivity index is 2.65. The summed E-state index contributed by atoms with van der Waals surface area (Å²) < 4.78 is 0. The number of nitro benzene ring substituents is 1. The number of aliphatic hydroxyl groups excluding tert-OH is 2. The minimum absolute atomic E-state index is 0.0832. The van der Waals surface area contributed by atoms with E-state index in [1.54, 1.807) is 0 Å². The topological polar surface area (TPSA) is 113 Å². The number of benzene rings is 1. The highest BCUT2D eigenvalue weighted by Crippen LogP contribution is 2.20. The molecule has 0 aliphatic heterocycles. The number of nitro groups is 1. The van der Waals surface area contributed by atoms with E-state index in [4.69, 9.17) is 0 Å². The van der Waals surface area contributed by atoms with Crippen molar-refractivity contribution >= 4 is 11.6 Å². The molecule has 1 amide bonds. The van der Waals surface area contributed by atoms with Crippen LogP contribution in [0.4, 0.5) is 5.69 Å². The second kappa shape index (κ2) is 9.11. The molecule has 0 saturated heterocycles. The summed E-state index contributed by atoms with van der Waals surface area (Å²) in [5.41, 5.74) is 0.318. The number of carbonyl (C=O) groups is 1. The Morgan fingerprint density at radius 2 is 1.95 bits per heavy atom. The molecule has 7 heteroatoms. The molecular formula is C15H22N2O5. The number of carbonyl (C=O) groups excluding carboxylic acids is 1. The Hall–Kier alpha value is -1.99. The molecule has 22 heavy (non-hydrogen) atoms. The van der Waals surface area contributed by atoms with Gasteiger partial charge in [0.05, 0.1) is 17.6 Å². The van der Waals surface area contributed by atoms with Crippen molar-refractivity contribution in [3.8, 4) is 0 Å². The van der Waals surface area contributed by atoms with Crippen LogP contribution in [0.5, 0.6) is 0 Å². The molecule has 7 nitrogen and oxygen atoms in total. The lowest BCUT2D eigenvalue weighted by molar-refractivity contribution is -0.384. The molecule has 2 atom stereocenters. The zero-order chi connectivity index (χ0) is 16.5. The lowest BCUT2D eigenvalue weighted by Crippen LogP contribution is -2.41. The molecule has 0 saturated carbocycles.